The van der Waals surface area contributed by atoms with Gasteiger partial charge in [0.05, 0.1) is 18.8 Å². The van der Waals surface area contributed by atoms with Crippen LogP contribution < -0.4 is 10.1 Å². The summed E-state index contributed by atoms with van der Waals surface area (Å²) in [5.74, 6) is 0.873. The van der Waals surface area contributed by atoms with Crippen molar-refractivity contribution in [1.82, 2.24) is 15.1 Å². The molecule has 96 valence electrons. The first kappa shape index (κ1) is 12.6. The van der Waals surface area contributed by atoms with Crippen LogP contribution in [0.4, 0.5) is 0 Å². The number of nitrogens with one attached hydrogen (secondary N) is 1. The zero-order valence-corrected chi connectivity index (χ0v) is 11.1. The minimum Gasteiger partial charge on any atom is -0.497 e. The maximum atomic E-state index is 5.18. The van der Waals surface area contributed by atoms with Crippen LogP contribution in [0.25, 0.3) is 0 Å². The lowest BCUT2D eigenvalue weighted by Gasteiger charge is -2.18. The Balaban J connectivity index is 2.32. The Hall–Kier alpha value is -1.81. The van der Waals surface area contributed by atoms with E-state index in [9.17, 15) is 0 Å². The van der Waals surface area contributed by atoms with Gasteiger partial charge in [0.1, 0.15) is 5.75 Å². The number of aryl methyl sites for hydroxylation is 1. The second-order valence-corrected chi connectivity index (χ2v) is 4.07. The van der Waals surface area contributed by atoms with Crippen molar-refractivity contribution in [1.29, 1.82) is 0 Å². The molecule has 0 radical (unpaired) electrons. The monoisotopic (exact) mass is 245 g/mol. The van der Waals surface area contributed by atoms with Crippen molar-refractivity contribution in [3.8, 4) is 5.75 Å². The van der Waals surface area contributed by atoms with Gasteiger partial charge >= 0.3 is 0 Å². The Kier molecular flexibility index (Phi) is 3.99. The highest BCUT2D eigenvalue weighted by Gasteiger charge is 2.15. The molecular weight excluding hydrogens is 226 g/mol. The topological polar surface area (TPSA) is 39.1 Å². The maximum Gasteiger partial charge on any atom is 0.118 e. The molecule has 0 spiro atoms. The van der Waals surface area contributed by atoms with Gasteiger partial charge in [0.2, 0.25) is 0 Å². The minimum absolute atomic E-state index is 0.151. The summed E-state index contributed by atoms with van der Waals surface area (Å²) in [6.45, 7) is 2.97. The molecule has 0 aliphatic heterocycles. The third-order valence-corrected chi connectivity index (χ3v) is 3.08. The molecule has 4 heteroatoms. The van der Waals surface area contributed by atoms with Gasteiger partial charge in [-0.1, -0.05) is 12.1 Å². The molecule has 0 aliphatic rings. The highest BCUT2D eigenvalue weighted by Crippen LogP contribution is 2.23. The van der Waals surface area contributed by atoms with Crippen molar-refractivity contribution in [3.05, 3.63) is 47.8 Å². The molecule has 1 N–H and O–H groups in total. The number of aromatic nitrogens is 2. The molecule has 0 aliphatic carbocycles. The van der Waals surface area contributed by atoms with E-state index in [-0.39, 0.29) is 6.04 Å². The van der Waals surface area contributed by atoms with E-state index in [2.05, 4.69) is 35.5 Å². The van der Waals surface area contributed by atoms with Gasteiger partial charge in [-0.15, -0.1) is 0 Å². The molecule has 1 unspecified atom stereocenters. The first-order valence-electron chi connectivity index (χ1n) is 6.13. The first-order chi connectivity index (χ1) is 8.80. The predicted molar refractivity (Wildman–Crippen MR) is 71.8 cm³/mol. The van der Waals surface area contributed by atoms with E-state index in [1.54, 1.807) is 7.11 Å². The fourth-order valence-electron chi connectivity index (χ4n) is 2.13. The van der Waals surface area contributed by atoms with E-state index < -0.39 is 0 Å². The van der Waals surface area contributed by atoms with Crippen molar-refractivity contribution in [2.24, 2.45) is 0 Å². The van der Waals surface area contributed by atoms with E-state index in [0.717, 1.165) is 12.3 Å². The Morgan fingerprint density at radius 2 is 2.00 bits per heavy atom. The van der Waals surface area contributed by atoms with Crippen LogP contribution in [0.15, 0.2) is 36.5 Å². The van der Waals surface area contributed by atoms with Gasteiger partial charge in [-0.05, 0) is 37.7 Å². The lowest BCUT2D eigenvalue weighted by atomic mass is 10.0. The summed E-state index contributed by atoms with van der Waals surface area (Å²) in [6, 6.07) is 10.3. The molecule has 1 aromatic heterocycles. The SMILES string of the molecule is CCn1nccc1C(NC)c1ccc(OC)cc1. The van der Waals surface area contributed by atoms with Crippen LogP contribution in [-0.2, 0) is 6.54 Å². The smallest absolute Gasteiger partial charge is 0.118 e. The van der Waals surface area contributed by atoms with Crippen LogP contribution in [0.3, 0.4) is 0 Å². The Labute approximate surface area is 108 Å². The van der Waals surface area contributed by atoms with Crippen LogP contribution in [-0.4, -0.2) is 23.9 Å². The van der Waals surface area contributed by atoms with Gasteiger partial charge in [0.25, 0.3) is 0 Å². The summed E-state index contributed by atoms with van der Waals surface area (Å²) in [4.78, 5) is 0. The lowest BCUT2D eigenvalue weighted by molar-refractivity contribution is 0.414. The summed E-state index contributed by atoms with van der Waals surface area (Å²) >= 11 is 0. The van der Waals surface area contributed by atoms with E-state index >= 15 is 0 Å². The number of hydrogen-bond acceptors (Lipinski definition) is 3. The molecule has 2 rings (SSSR count). The Morgan fingerprint density at radius 3 is 2.56 bits per heavy atom. The quantitative estimate of drug-likeness (QED) is 0.878. The van der Waals surface area contributed by atoms with Gasteiger partial charge in [0, 0.05) is 12.7 Å². The summed E-state index contributed by atoms with van der Waals surface area (Å²) in [5.41, 5.74) is 2.37. The van der Waals surface area contributed by atoms with Gasteiger partial charge in [-0.25, -0.2) is 0 Å². The summed E-state index contributed by atoms with van der Waals surface area (Å²) < 4.78 is 7.19. The summed E-state index contributed by atoms with van der Waals surface area (Å²) in [5, 5.41) is 7.65. The molecule has 0 fully saturated rings. The van der Waals surface area contributed by atoms with Crippen LogP contribution in [0.5, 0.6) is 5.75 Å². The summed E-state index contributed by atoms with van der Waals surface area (Å²) in [6.07, 6.45) is 1.84. The first-order valence-corrected chi connectivity index (χ1v) is 6.13. The van der Waals surface area contributed by atoms with E-state index in [0.29, 0.717) is 0 Å². The zero-order valence-electron chi connectivity index (χ0n) is 11.1. The summed E-state index contributed by atoms with van der Waals surface area (Å²) in [7, 11) is 3.64. The number of hydrogen-bond donors (Lipinski definition) is 1. The largest absolute Gasteiger partial charge is 0.497 e. The second kappa shape index (κ2) is 5.69. The number of nitrogens with zero attached hydrogens (tertiary/aromatic N) is 2. The van der Waals surface area contributed by atoms with Gasteiger partial charge in [-0.2, -0.15) is 5.10 Å². The van der Waals surface area contributed by atoms with Crippen molar-refractivity contribution >= 4 is 0 Å². The van der Waals surface area contributed by atoms with E-state index in [4.69, 9.17) is 4.74 Å². The molecule has 1 atom stereocenters. The Bertz CT molecular complexity index is 490. The normalized spacial score (nSPS) is 12.4. The fraction of sp³-hybridized carbons (Fsp3) is 0.357. The average molecular weight is 245 g/mol. The van der Waals surface area contributed by atoms with Crippen LogP contribution in [0.1, 0.15) is 24.2 Å². The second-order valence-electron chi connectivity index (χ2n) is 4.07. The highest BCUT2D eigenvalue weighted by atomic mass is 16.5. The number of benzene rings is 1. The Morgan fingerprint density at radius 1 is 1.28 bits per heavy atom. The zero-order chi connectivity index (χ0) is 13.0. The molecule has 0 amide bonds. The molecule has 18 heavy (non-hydrogen) atoms. The average Bonchev–Trinajstić information content (AvgIpc) is 2.89. The molecule has 2 aromatic rings. The molecule has 0 bridgehead atoms. The molecule has 1 aromatic carbocycles. The molecular formula is C14H19N3O. The fourth-order valence-corrected chi connectivity index (χ4v) is 2.13. The van der Waals surface area contributed by atoms with Gasteiger partial charge < -0.3 is 10.1 Å². The standard InChI is InChI=1S/C14H19N3O/c1-4-17-13(9-10-16-17)14(15-2)11-5-7-12(18-3)8-6-11/h5-10,14-15H,4H2,1-3H3. The van der Waals surface area contributed by atoms with Crippen LogP contribution in [0, 0.1) is 0 Å². The van der Waals surface area contributed by atoms with Gasteiger partial charge in [-0.3, -0.25) is 4.68 Å². The molecule has 1 heterocycles. The number of rotatable bonds is 5. The predicted octanol–water partition coefficient (Wildman–Crippen LogP) is 2.22. The number of methoxy groups -OCH3 is 1. The lowest BCUT2D eigenvalue weighted by Crippen LogP contribution is -2.21. The minimum atomic E-state index is 0.151. The van der Waals surface area contributed by atoms with Crippen molar-refractivity contribution in [2.75, 3.05) is 14.2 Å². The molecule has 4 nitrogen and oxygen atoms in total. The van der Waals surface area contributed by atoms with Crippen LogP contribution >= 0.6 is 0 Å². The third kappa shape index (κ3) is 2.38. The van der Waals surface area contributed by atoms with Crippen molar-refractivity contribution < 1.29 is 4.74 Å². The van der Waals surface area contributed by atoms with Gasteiger partial charge in [0.15, 0.2) is 0 Å². The maximum absolute atomic E-state index is 5.18. The highest BCUT2D eigenvalue weighted by molar-refractivity contribution is 5.33. The third-order valence-electron chi connectivity index (χ3n) is 3.08. The van der Waals surface area contributed by atoms with Crippen molar-refractivity contribution in [2.45, 2.75) is 19.5 Å². The molecule has 0 saturated heterocycles. The van der Waals surface area contributed by atoms with E-state index in [1.165, 1.54) is 11.3 Å². The van der Waals surface area contributed by atoms with Crippen molar-refractivity contribution in [3.63, 3.8) is 0 Å². The number of ether oxygens (including phenoxy) is 1. The van der Waals surface area contributed by atoms with Crippen LogP contribution in [0.2, 0.25) is 0 Å². The van der Waals surface area contributed by atoms with E-state index in [1.807, 2.05) is 30.1 Å². The molecule has 0 saturated carbocycles.